The van der Waals surface area contributed by atoms with Crippen LogP contribution in [0.4, 0.5) is 0 Å². The lowest BCUT2D eigenvalue weighted by Crippen LogP contribution is -2.36. The second kappa shape index (κ2) is 8.46. The molecule has 0 spiro atoms. The summed E-state index contributed by atoms with van der Waals surface area (Å²) in [6.07, 6.45) is 2.37. The number of halogens is 1. The van der Waals surface area contributed by atoms with Crippen molar-refractivity contribution in [2.45, 2.75) is 18.8 Å². The predicted molar refractivity (Wildman–Crippen MR) is 112 cm³/mol. The first-order chi connectivity index (χ1) is 14.1. The zero-order chi connectivity index (χ0) is 20.4. The van der Waals surface area contributed by atoms with Crippen LogP contribution in [0.25, 0.3) is 0 Å². The Morgan fingerprint density at radius 2 is 1.83 bits per heavy atom. The number of nitrogens with one attached hydrogen (secondary N) is 1. The molecule has 1 heterocycles. The van der Waals surface area contributed by atoms with Crippen LogP contribution in [0.15, 0.2) is 48.5 Å². The molecule has 2 atom stereocenters. The lowest BCUT2D eigenvalue weighted by Gasteiger charge is -2.18. The number of likely N-dealkylation sites (tertiary alicyclic amines) is 1. The van der Waals surface area contributed by atoms with Gasteiger partial charge in [-0.05, 0) is 48.6 Å². The highest BCUT2D eigenvalue weighted by atomic mass is 35.5. The predicted octanol–water partition coefficient (Wildman–Crippen LogP) is 3.73. The number of hydrogen-bond donors (Lipinski definition) is 1. The Morgan fingerprint density at radius 1 is 1.10 bits per heavy atom. The van der Waals surface area contributed by atoms with E-state index in [9.17, 15) is 9.59 Å². The quantitative estimate of drug-likeness (QED) is 0.786. The van der Waals surface area contributed by atoms with Crippen LogP contribution in [0.3, 0.4) is 0 Å². The van der Waals surface area contributed by atoms with Gasteiger partial charge in [0.25, 0.3) is 5.91 Å². The summed E-state index contributed by atoms with van der Waals surface area (Å²) in [4.78, 5) is 27.8. The molecular weight excluding hydrogens is 388 g/mol. The van der Waals surface area contributed by atoms with Crippen LogP contribution in [0.1, 0.15) is 34.7 Å². The van der Waals surface area contributed by atoms with E-state index in [1.54, 1.807) is 36.3 Å². The zero-order valence-electron chi connectivity index (χ0n) is 16.4. The Bertz CT molecular complexity index is 895. The molecule has 152 valence electrons. The molecule has 1 aliphatic heterocycles. The van der Waals surface area contributed by atoms with Crippen LogP contribution in [-0.2, 0) is 4.79 Å². The molecule has 2 aromatic rings. The third-order valence-electron chi connectivity index (χ3n) is 5.85. The number of ether oxygens (including phenoxy) is 1. The van der Waals surface area contributed by atoms with Gasteiger partial charge in [-0.3, -0.25) is 9.59 Å². The Labute approximate surface area is 176 Å². The highest BCUT2D eigenvalue weighted by Crippen LogP contribution is 2.35. The molecule has 0 aromatic heterocycles. The first-order valence-electron chi connectivity index (χ1n) is 10.0. The van der Waals surface area contributed by atoms with Crippen LogP contribution in [0, 0.1) is 11.8 Å². The molecule has 1 aliphatic carbocycles. The number of carbonyl (C=O) groups is 2. The van der Waals surface area contributed by atoms with Crippen molar-refractivity contribution in [3.05, 3.63) is 64.7 Å². The summed E-state index contributed by atoms with van der Waals surface area (Å²) in [6, 6.07) is 14.8. The maximum Gasteiger partial charge on any atom is 0.255 e. The van der Waals surface area contributed by atoms with E-state index < -0.39 is 0 Å². The minimum absolute atomic E-state index is 0.0205. The molecule has 5 nitrogen and oxygen atoms in total. The molecule has 0 bridgehead atoms. The smallest absolute Gasteiger partial charge is 0.255 e. The van der Waals surface area contributed by atoms with E-state index in [-0.39, 0.29) is 23.7 Å². The van der Waals surface area contributed by atoms with Gasteiger partial charge in [-0.2, -0.15) is 0 Å². The first kappa shape index (κ1) is 19.8. The van der Waals surface area contributed by atoms with Crippen molar-refractivity contribution >= 4 is 23.4 Å². The van der Waals surface area contributed by atoms with Gasteiger partial charge < -0.3 is 15.0 Å². The Kier molecular flexibility index (Phi) is 5.76. The molecule has 2 amide bonds. The summed E-state index contributed by atoms with van der Waals surface area (Å²) in [7, 11) is 1.63. The topological polar surface area (TPSA) is 58.6 Å². The molecule has 2 unspecified atom stereocenters. The second-order valence-electron chi connectivity index (χ2n) is 7.86. The van der Waals surface area contributed by atoms with E-state index in [0.29, 0.717) is 29.6 Å². The molecule has 6 heteroatoms. The van der Waals surface area contributed by atoms with Crippen molar-refractivity contribution in [2.75, 3.05) is 26.7 Å². The molecule has 2 aromatic carbocycles. The van der Waals surface area contributed by atoms with Gasteiger partial charge in [0.2, 0.25) is 5.91 Å². The van der Waals surface area contributed by atoms with Gasteiger partial charge in [-0.25, -0.2) is 0 Å². The second-order valence-corrected chi connectivity index (χ2v) is 8.27. The van der Waals surface area contributed by atoms with E-state index in [2.05, 4.69) is 5.32 Å². The summed E-state index contributed by atoms with van der Waals surface area (Å²) in [5.74, 6) is 0.921. The number of rotatable bonds is 6. The molecule has 29 heavy (non-hydrogen) atoms. The van der Waals surface area contributed by atoms with E-state index in [1.165, 1.54) is 12.8 Å². The van der Waals surface area contributed by atoms with Crippen molar-refractivity contribution in [1.82, 2.24) is 10.2 Å². The number of nitrogens with zero attached hydrogens (tertiary/aromatic N) is 1. The van der Waals surface area contributed by atoms with Crippen LogP contribution in [0.5, 0.6) is 5.75 Å². The number of amides is 2. The fourth-order valence-electron chi connectivity index (χ4n) is 3.93. The van der Waals surface area contributed by atoms with Gasteiger partial charge in [0.15, 0.2) is 0 Å². The average Bonchev–Trinajstić information content (AvgIpc) is 3.47. The van der Waals surface area contributed by atoms with Gasteiger partial charge in [-0.15, -0.1) is 0 Å². The van der Waals surface area contributed by atoms with Crippen LogP contribution >= 0.6 is 11.6 Å². The van der Waals surface area contributed by atoms with Crippen molar-refractivity contribution in [2.24, 2.45) is 11.8 Å². The first-order valence-corrected chi connectivity index (χ1v) is 10.4. The zero-order valence-corrected chi connectivity index (χ0v) is 17.2. The largest absolute Gasteiger partial charge is 0.497 e. The highest BCUT2D eigenvalue weighted by Gasteiger charge is 2.41. The summed E-state index contributed by atoms with van der Waals surface area (Å²) < 4.78 is 5.25. The summed E-state index contributed by atoms with van der Waals surface area (Å²) in [5, 5.41) is 3.52. The molecule has 2 aliphatic rings. The minimum atomic E-state index is -0.284. The summed E-state index contributed by atoms with van der Waals surface area (Å²) in [6.45, 7) is 1.60. The maximum absolute atomic E-state index is 13.1. The number of methoxy groups -OCH3 is 1. The molecule has 1 saturated carbocycles. The van der Waals surface area contributed by atoms with Crippen molar-refractivity contribution in [3.63, 3.8) is 0 Å². The van der Waals surface area contributed by atoms with E-state index in [4.69, 9.17) is 16.3 Å². The Hall–Kier alpha value is -2.53. The summed E-state index contributed by atoms with van der Waals surface area (Å²) >= 11 is 6.23. The number of benzene rings is 2. The lowest BCUT2D eigenvalue weighted by molar-refractivity contribution is -0.125. The van der Waals surface area contributed by atoms with Gasteiger partial charge in [0, 0.05) is 25.6 Å². The lowest BCUT2D eigenvalue weighted by atomic mass is 9.88. The third-order valence-corrected chi connectivity index (χ3v) is 6.18. The van der Waals surface area contributed by atoms with Crippen LogP contribution in [-0.4, -0.2) is 43.5 Å². The third kappa shape index (κ3) is 4.40. The minimum Gasteiger partial charge on any atom is -0.497 e. The number of hydrogen-bond acceptors (Lipinski definition) is 3. The van der Waals surface area contributed by atoms with Gasteiger partial charge >= 0.3 is 0 Å². The van der Waals surface area contributed by atoms with E-state index >= 15 is 0 Å². The van der Waals surface area contributed by atoms with Gasteiger partial charge in [0.1, 0.15) is 5.75 Å². The molecule has 1 saturated heterocycles. The molecular formula is C23H25ClN2O3. The average molecular weight is 413 g/mol. The maximum atomic E-state index is 13.1. The van der Waals surface area contributed by atoms with Crippen molar-refractivity contribution in [1.29, 1.82) is 0 Å². The monoisotopic (exact) mass is 412 g/mol. The van der Waals surface area contributed by atoms with Crippen LogP contribution in [0.2, 0.25) is 5.02 Å². The fourth-order valence-corrected chi connectivity index (χ4v) is 4.14. The van der Waals surface area contributed by atoms with Crippen molar-refractivity contribution < 1.29 is 14.3 Å². The van der Waals surface area contributed by atoms with Crippen LogP contribution < -0.4 is 10.1 Å². The summed E-state index contributed by atoms with van der Waals surface area (Å²) in [5.41, 5.74) is 1.51. The van der Waals surface area contributed by atoms with E-state index in [1.807, 2.05) is 24.3 Å². The van der Waals surface area contributed by atoms with Gasteiger partial charge in [-0.1, -0.05) is 35.9 Å². The Morgan fingerprint density at radius 3 is 2.48 bits per heavy atom. The normalized spacial score (nSPS) is 21.1. The molecule has 0 radical (unpaired) electrons. The molecule has 4 rings (SSSR count). The van der Waals surface area contributed by atoms with Gasteiger partial charge in [0.05, 0.1) is 23.6 Å². The highest BCUT2D eigenvalue weighted by molar-refractivity contribution is 6.33. The SMILES string of the molecule is COc1ccc(C2CN(C(=O)c3ccccc3Cl)CC2C(=O)NCC2CC2)cc1. The Balaban J connectivity index is 1.56. The van der Waals surface area contributed by atoms with Crippen molar-refractivity contribution in [3.8, 4) is 5.75 Å². The number of carbonyl (C=O) groups excluding carboxylic acids is 2. The molecule has 2 fully saturated rings. The molecule has 1 N–H and O–H groups in total. The fraction of sp³-hybridized carbons (Fsp3) is 0.391. The van der Waals surface area contributed by atoms with E-state index in [0.717, 1.165) is 17.9 Å². The standard InChI is InChI=1S/C23H25ClN2O3/c1-29-17-10-8-16(9-11-17)19-13-26(23(28)18-4-2-3-5-21(18)24)14-20(19)22(27)25-12-15-6-7-15/h2-5,8-11,15,19-20H,6-7,12-14H2,1H3,(H,25,27).